The second-order valence-corrected chi connectivity index (χ2v) is 8.55. The first-order valence-corrected chi connectivity index (χ1v) is 11.3. The Labute approximate surface area is 187 Å². The third kappa shape index (κ3) is 4.77. The number of benzene rings is 2. The summed E-state index contributed by atoms with van der Waals surface area (Å²) in [5, 5.41) is 15.2. The zero-order valence-corrected chi connectivity index (χ0v) is 18.2. The summed E-state index contributed by atoms with van der Waals surface area (Å²) in [6.45, 7) is 3.38. The van der Waals surface area contributed by atoms with Gasteiger partial charge in [0.05, 0.1) is 21.3 Å². The molecule has 7 nitrogen and oxygen atoms in total. The van der Waals surface area contributed by atoms with Crippen molar-refractivity contribution >= 4 is 40.3 Å². The van der Waals surface area contributed by atoms with Crippen LogP contribution in [0.5, 0.6) is 0 Å². The van der Waals surface area contributed by atoms with Gasteiger partial charge in [0.2, 0.25) is 0 Å². The number of nitrogens with zero attached hydrogens (tertiary/aromatic N) is 3. The number of piperidine rings is 2. The SMILES string of the molecule is O=C(Nc1cccc(Cl)c1N1CCCCC1)c1ccc(N2CCCCC2)c([N+](=O)[O-])c1. The van der Waals surface area contributed by atoms with Crippen LogP contribution in [-0.2, 0) is 0 Å². The number of para-hydroxylation sites is 1. The lowest BCUT2D eigenvalue weighted by Crippen LogP contribution is -2.31. The Hall–Kier alpha value is -2.80. The van der Waals surface area contributed by atoms with E-state index in [2.05, 4.69) is 10.2 Å². The van der Waals surface area contributed by atoms with Gasteiger partial charge in [-0.15, -0.1) is 0 Å². The molecule has 0 aliphatic carbocycles. The second kappa shape index (κ2) is 9.56. The summed E-state index contributed by atoms with van der Waals surface area (Å²) in [6.07, 6.45) is 6.55. The summed E-state index contributed by atoms with van der Waals surface area (Å²) in [7, 11) is 0. The quantitative estimate of drug-likeness (QED) is 0.489. The van der Waals surface area contributed by atoms with Gasteiger partial charge in [-0.2, -0.15) is 0 Å². The van der Waals surface area contributed by atoms with Crippen LogP contribution in [0.2, 0.25) is 5.02 Å². The summed E-state index contributed by atoms with van der Waals surface area (Å²) in [4.78, 5) is 28.6. The molecule has 2 aromatic rings. The Morgan fingerprint density at radius 3 is 2.23 bits per heavy atom. The third-order valence-corrected chi connectivity index (χ3v) is 6.34. The maximum absolute atomic E-state index is 13.0. The largest absolute Gasteiger partial charge is 0.369 e. The van der Waals surface area contributed by atoms with Gasteiger partial charge in [-0.3, -0.25) is 14.9 Å². The molecule has 4 rings (SSSR count). The zero-order valence-electron chi connectivity index (χ0n) is 17.5. The molecule has 2 aliphatic heterocycles. The monoisotopic (exact) mass is 442 g/mol. The van der Waals surface area contributed by atoms with Crippen LogP contribution in [0.3, 0.4) is 0 Å². The molecule has 8 heteroatoms. The van der Waals surface area contributed by atoms with Gasteiger partial charge in [0.1, 0.15) is 5.69 Å². The van der Waals surface area contributed by atoms with Gasteiger partial charge < -0.3 is 15.1 Å². The minimum atomic E-state index is -0.404. The molecule has 2 heterocycles. The smallest absolute Gasteiger partial charge is 0.293 e. The first-order valence-electron chi connectivity index (χ1n) is 10.9. The Balaban J connectivity index is 1.60. The van der Waals surface area contributed by atoms with Gasteiger partial charge in [0, 0.05) is 37.8 Å². The number of nitrogens with one attached hydrogen (secondary N) is 1. The standard InChI is InChI=1S/C23H27ClN4O3/c24-18-8-7-9-19(22(18)27-14-5-2-6-15-27)25-23(29)17-10-11-20(21(16-17)28(30)31)26-12-3-1-4-13-26/h7-11,16H,1-6,12-15H2,(H,25,29). The lowest BCUT2D eigenvalue weighted by molar-refractivity contribution is -0.384. The highest BCUT2D eigenvalue weighted by atomic mass is 35.5. The van der Waals surface area contributed by atoms with Crippen molar-refractivity contribution in [3.63, 3.8) is 0 Å². The van der Waals surface area contributed by atoms with E-state index in [1.54, 1.807) is 18.2 Å². The molecule has 2 aliphatic rings. The highest BCUT2D eigenvalue weighted by Crippen LogP contribution is 2.36. The molecule has 1 N–H and O–H groups in total. The summed E-state index contributed by atoms with van der Waals surface area (Å²) in [6, 6.07) is 10.2. The molecule has 0 bridgehead atoms. The fourth-order valence-corrected chi connectivity index (χ4v) is 4.76. The number of hydrogen-bond acceptors (Lipinski definition) is 5. The average Bonchev–Trinajstić information content (AvgIpc) is 2.80. The van der Waals surface area contributed by atoms with Crippen molar-refractivity contribution in [3.8, 4) is 0 Å². The maximum Gasteiger partial charge on any atom is 0.293 e. The number of rotatable bonds is 5. The van der Waals surface area contributed by atoms with E-state index in [1.165, 1.54) is 12.5 Å². The van der Waals surface area contributed by atoms with Crippen LogP contribution in [0.15, 0.2) is 36.4 Å². The lowest BCUT2D eigenvalue weighted by atomic mass is 10.1. The molecule has 0 saturated carbocycles. The predicted octanol–water partition coefficient (Wildman–Crippen LogP) is 5.48. The molecule has 0 unspecified atom stereocenters. The Bertz CT molecular complexity index is 969. The van der Waals surface area contributed by atoms with Crippen molar-refractivity contribution in [2.45, 2.75) is 38.5 Å². The van der Waals surface area contributed by atoms with E-state index in [9.17, 15) is 14.9 Å². The van der Waals surface area contributed by atoms with E-state index in [-0.39, 0.29) is 17.2 Å². The van der Waals surface area contributed by atoms with Gasteiger partial charge in [0.15, 0.2) is 0 Å². The van der Waals surface area contributed by atoms with Crippen LogP contribution in [0.25, 0.3) is 0 Å². The normalized spacial score (nSPS) is 16.8. The van der Waals surface area contributed by atoms with Crippen molar-refractivity contribution < 1.29 is 9.72 Å². The number of amides is 1. The van der Waals surface area contributed by atoms with Crippen LogP contribution in [-0.4, -0.2) is 37.0 Å². The molecule has 2 fully saturated rings. The molecule has 2 aromatic carbocycles. The van der Waals surface area contributed by atoms with Gasteiger partial charge in [-0.05, 0) is 62.8 Å². The molecule has 0 atom stereocenters. The summed E-state index contributed by atoms with van der Waals surface area (Å²) in [5.41, 5.74) is 2.26. The Kier molecular flexibility index (Phi) is 6.61. The molecule has 1 amide bonds. The van der Waals surface area contributed by atoms with Crippen LogP contribution >= 0.6 is 11.6 Å². The fraction of sp³-hybridized carbons (Fsp3) is 0.435. The molecule has 0 spiro atoms. The molecule has 31 heavy (non-hydrogen) atoms. The molecule has 2 saturated heterocycles. The lowest BCUT2D eigenvalue weighted by Gasteiger charge is -2.31. The van der Waals surface area contributed by atoms with E-state index in [1.807, 2.05) is 17.0 Å². The maximum atomic E-state index is 13.0. The number of carbonyl (C=O) groups is 1. The number of nitro groups is 1. The van der Waals surface area contributed by atoms with Crippen LogP contribution < -0.4 is 15.1 Å². The highest BCUT2D eigenvalue weighted by Gasteiger charge is 2.24. The molecular weight excluding hydrogens is 416 g/mol. The van der Waals surface area contributed by atoms with E-state index in [4.69, 9.17) is 11.6 Å². The number of nitro benzene ring substituents is 1. The van der Waals surface area contributed by atoms with Gasteiger partial charge in [0.25, 0.3) is 11.6 Å². The Morgan fingerprint density at radius 2 is 1.58 bits per heavy atom. The zero-order chi connectivity index (χ0) is 21.8. The number of halogens is 1. The van der Waals surface area contributed by atoms with Crippen molar-refractivity contribution in [3.05, 3.63) is 57.1 Å². The van der Waals surface area contributed by atoms with Crippen LogP contribution in [0, 0.1) is 10.1 Å². The number of anilines is 3. The number of hydrogen-bond donors (Lipinski definition) is 1. The second-order valence-electron chi connectivity index (χ2n) is 8.15. The van der Waals surface area contributed by atoms with Gasteiger partial charge >= 0.3 is 0 Å². The van der Waals surface area contributed by atoms with Gasteiger partial charge in [-0.25, -0.2) is 0 Å². The summed E-state index contributed by atoms with van der Waals surface area (Å²) in [5.74, 6) is -0.381. The molecule has 0 aromatic heterocycles. The van der Waals surface area contributed by atoms with Crippen molar-refractivity contribution in [1.29, 1.82) is 0 Å². The topological polar surface area (TPSA) is 78.7 Å². The summed E-state index contributed by atoms with van der Waals surface area (Å²) >= 11 is 6.48. The minimum absolute atomic E-state index is 0.0306. The van der Waals surface area contributed by atoms with Crippen molar-refractivity contribution in [1.82, 2.24) is 0 Å². The first kappa shape index (κ1) is 21.4. The minimum Gasteiger partial charge on any atom is -0.369 e. The Morgan fingerprint density at radius 1 is 0.935 bits per heavy atom. The van der Waals surface area contributed by atoms with Crippen molar-refractivity contribution in [2.24, 2.45) is 0 Å². The van der Waals surface area contributed by atoms with E-state index in [0.717, 1.165) is 64.0 Å². The van der Waals surface area contributed by atoms with E-state index in [0.29, 0.717) is 16.4 Å². The van der Waals surface area contributed by atoms with E-state index < -0.39 is 4.92 Å². The highest BCUT2D eigenvalue weighted by molar-refractivity contribution is 6.34. The van der Waals surface area contributed by atoms with Gasteiger partial charge in [-0.1, -0.05) is 17.7 Å². The molecular formula is C23H27ClN4O3. The average molecular weight is 443 g/mol. The van der Waals surface area contributed by atoms with E-state index >= 15 is 0 Å². The van der Waals surface area contributed by atoms with Crippen molar-refractivity contribution in [2.75, 3.05) is 41.3 Å². The third-order valence-electron chi connectivity index (χ3n) is 6.04. The molecule has 0 radical (unpaired) electrons. The molecule has 164 valence electrons. The number of carbonyl (C=O) groups excluding carboxylic acids is 1. The van der Waals surface area contributed by atoms with Crippen LogP contribution in [0.4, 0.5) is 22.7 Å². The first-order chi connectivity index (χ1) is 15.0. The summed E-state index contributed by atoms with van der Waals surface area (Å²) < 4.78 is 0. The van der Waals surface area contributed by atoms with Crippen LogP contribution in [0.1, 0.15) is 48.9 Å². The predicted molar refractivity (Wildman–Crippen MR) is 125 cm³/mol. The fourth-order valence-electron chi connectivity index (χ4n) is 4.46.